The molecule has 1 atom stereocenters. The standard InChI is InChI=1S/C11H12FNO3S/c12-9-3-1-2-4-10(9)13-11(14)8-5-6-17(15,16)7-8/h1-4,8H,5-7H2,(H,13,14). The number of para-hydroxylation sites is 1. The van der Waals surface area contributed by atoms with Gasteiger partial charge in [0.05, 0.1) is 23.1 Å². The third-order valence-electron chi connectivity index (χ3n) is 2.73. The SMILES string of the molecule is O=C(Nc1ccccc1F)C1CCS(=O)(=O)C1. The lowest BCUT2D eigenvalue weighted by atomic mass is 10.1. The summed E-state index contributed by atoms with van der Waals surface area (Å²) >= 11 is 0. The van der Waals surface area contributed by atoms with Gasteiger partial charge in [-0.15, -0.1) is 0 Å². The fraction of sp³-hybridized carbons (Fsp3) is 0.364. The predicted molar refractivity (Wildman–Crippen MR) is 61.8 cm³/mol. The van der Waals surface area contributed by atoms with E-state index in [4.69, 9.17) is 0 Å². The van der Waals surface area contributed by atoms with Crippen molar-refractivity contribution in [1.29, 1.82) is 0 Å². The quantitative estimate of drug-likeness (QED) is 0.865. The van der Waals surface area contributed by atoms with Gasteiger partial charge in [0.2, 0.25) is 5.91 Å². The Kier molecular flexibility index (Phi) is 3.15. The zero-order valence-electron chi connectivity index (χ0n) is 9.02. The summed E-state index contributed by atoms with van der Waals surface area (Å²) in [5.74, 6) is -1.65. The Balaban J connectivity index is 2.06. The Morgan fingerprint density at radius 2 is 2.06 bits per heavy atom. The Labute approximate surface area is 98.8 Å². The summed E-state index contributed by atoms with van der Waals surface area (Å²) in [5.41, 5.74) is 0.0850. The van der Waals surface area contributed by atoms with E-state index < -0.39 is 27.5 Å². The third-order valence-corrected chi connectivity index (χ3v) is 4.50. The molecule has 0 bridgehead atoms. The van der Waals surface area contributed by atoms with Crippen LogP contribution in [0.5, 0.6) is 0 Å². The van der Waals surface area contributed by atoms with Crippen molar-refractivity contribution in [3.8, 4) is 0 Å². The summed E-state index contributed by atoms with van der Waals surface area (Å²) in [4.78, 5) is 11.7. The smallest absolute Gasteiger partial charge is 0.228 e. The molecule has 1 aromatic rings. The summed E-state index contributed by atoms with van der Waals surface area (Å²) in [7, 11) is -3.10. The van der Waals surface area contributed by atoms with Gasteiger partial charge in [0.1, 0.15) is 5.82 Å². The Hall–Kier alpha value is -1.43. The molecule has 1 N–H and O–H groups in total. The van der Waals surface area contributed by atoms with Gasteiger partial charge >= 0.3 is 0 Å². The molecule has 92 valence electrons. The van der Waals surface area contributed by atoms with Crippen LogP contribution in [0.15, 0.2) is 24.3 Å². The second-order valence-corrected chi connectivity index (χ2v) is 6.30. The van der Waals surface area contributed by atoms with E-state index in [1.807, 2.05) is 0 Å². The second-order valence-electron chi connectivity index (χ2n) is 4.07. The molecule has 6 heteroatoms. The molecule has 1 aromatic carbocycles. The first-order valence-corrected chi connectivity index (χ1v) is 7.06. The van der Waals surface area contributed by atoms with E-state index in [2.05, 4.69) is 5.32 Å². The van der Waals surface area contributed by atoms with E-state index in [0.29, 0.717) is 6.42 Å². The van der Waals surface area contributed by atoms with Crippen molar-refractivity contribution in [2.24, 2.45) is 5.92 Å². The highest BCUT2D eigenvalue weighted by Crippen LogP contribution is 2.21. The molecule has 0 aromatic heterocycles. The van der Waals surface area contributed by atoms with Gasteiger partial charge in [0.25, 0.3) is 0 Å². The van der Waals surface area contributed by atoms with Crippen molar-refractivity contribution < 1.29 is 17.6 Å². The molecule has 1 amide bonds. The van der Waals surface area contributed by atoms with Crippen molar-refractivity contribution in [3.63, 3.8) is 0 Å². The van der Waals surface area contributed by atoms with Gasteiger partial charge in [-0.2, -0.15) is 0 Å². The molecular weight excluding hydrogens is 245 g/mol. The Bertz CT molecular complexity index is 541. The molecule has 0 aliphatic carbocycles. The average molecular weight is 257 g/mol. The first-order valence-electron chi connectivity index (χ1n) is 5.24. The first kappa shape index (κ1) is 12.0. The second kappa shape index (κ2) is 4.44. The van der Waals surface area contributed by atoms with Gasteiger partial charge in [0, 0.05) is 0 Å². The lowest BCUT2D eigenvalue weighted by molar-refractivity contribution is -0.119. The number of halogens is 1. The molecule has 1 fully saturated rings. The fourth-order valence-corrected chi connectivity index (χ4v) is 3.54. The van der Waals surface area contributed by atoms with Crippen LogP contribution in [0, 0.1) is 11.7 Å². The van der Waals surface area contributed by atoms with Crippen molar-refractivity contribution in [2.75, 3.05) is 16.8 Å². The highest BCUT2D eigenvalue weighted by molar-refractivity contribution is 7.91. The molecule has 1 saturated heterocycles. The van der Waals surface area contributed by atoms with Gasteiger partial charge in [-0.05, 0) is 18.6 Å². The maximum Gasteiger partial charge on any atom is 0.228 e. The van der Waals surface area contributed by atoms with Gasteiger partial charge in [-0.3, -0.25) is 4.79 Å². The van der Waals surface area contributed by atoms with Gasteiger partial charge in [-0.1, -0.05) is 12.1 Å². The van der Waals surface area contributed by atoms with Gasteiger partial charge in [-0.25, -0.2) is 12.8 Å². The van der Waals surface area contributed by atoms with Gasteiger partial charge < -0.3 is 5.32 Å². The number of hydrogen-bond acceptors (Lipinski definition) is 3. The van der Waals surface area contributed by atoms with Crippen molar-refractivity contribution >= 4 is 21.4 Å². The minimum Gasteiger partial charge on any atom is -0.323 e. The van der Waals surface area contributed by atoms with E-state index in [1.165, 1.54) is 18.2 Å². The Morgan fingerprint density at radius 3 is 2.65 bits per heavy atom. The Morgan fingerprint density at radius 1 is 1.35 bits per heavy atom. The molecule has 1 aliphatic heterocycles. The highest BCUT2D eigenvalue weighted by Gasteiger charge is 2.33. The summed E-state index contributed by atoms with van der Waals surface area (Å²) in [6.45, 7) is 0. The summed E-state index contributed by atoms with van der Waals surface area (Å²) in [5, 5.41) is 2.41. The normalized spacial score (nSPS) is 22.3. The molecule has 0 spiro atoms. The molecule has 1 heterocycles. The first-order chi connectivity index (χ1) is 7.98. The van der Waals surface area contributed by atoms with Crippen LogP contribution in [-0.2, 0) is 14.6 Å². The van der Waals surface area contributed by atoms with Crippen LogP contribution in [0.1, 0.15) is 6.42 Å². The number of benzene rings is 1. The zero-order valence-corrected chi connectivity index (χ0v) is 9.84. The number of amides is 1. The van der Waals surface area contributed by atoms with E-state index in [-0.39, 0.29) is 17.2 Å². The number of rotatable bonds is 2. The van der Waals surface area contributed by atoms with Crippen LogP contribution in [-0.4, -0.2) is 25.8 Å². The summed E-state index contributed by atoms with van der Waals surface area (Å²) in [6, 6.07) is 5.80. The number of anilines is 1. The van der Waals surface area contributed by atoms with Crippen molar-refractivity contribution in [3.05, 3.63) is 30.1 Å². The van der Waals surface area contributed by atoms with Crippen LogP contribution in [0.25, 0.3) is 0 Å². The zero-order chi connectivity index (χ0) is 12.5. The lowest BCUT2D eigenvalue weighted by Crippen LogP contribution is -2.24. The monoisotopic (exact) mass is 257 g/mol. The third kappa shape index (κ3) is 2.82. The molecule has 2 rings (SSSR count). The van der Waals surface area contributed by atoms with E-state index in [9.17, 15) is 17.6 Å². The largest absolute Gasteiger partial charge is 0.323 e. The van der Waals surface area contributed by atoms with Crippen LogP contribution in [0.2, 0.25) is 0 Å². The molecule has 1 aliphatic rings. The van der Waals surface area contributed by atoms with Crippen LogP contribution < -0.4 is 5.32 Å². The van der Waals surface area contributed by atoms with E-state index in [0.717, 1.165) is 0 Å². The maximum atomic E-state index is 13.3. The summed E-state index contributed by atoms with van der Waals surface area (Å²) in [6.07, 6.45) is 0.308. The predicted octanol–water partition coefficient (Wildman–Crippen LogP) is 1.20. The number of carbonyl (C=O) groups is 1. The van der Waals surface area contributed by atoms with E-state index in [1.54, 1.807) is 6.07 Å². The minimum absolute atomic E-state index is 0.0301. The fourth-order valence-electron chi connectivity index (χ4n) is 1.80. The van der Waals surface area contributed by atoms with Crippen molar-refractivity contribution in [2.45, 2.75) is 6.42 Å². The highest BCUT2D eigenvalue weighted by atomic mass is 32.2. The average Bonchev–Trinajstić information content (AvgIpc) is 2.62. The topological polar surface area (TPSA) is 63.2 Å². The van der Waals surface area contributed by atoms with E-state index >= 15 is 0 Å². The minimum atomic E-state index is -3.10. The summed E-state index contributed by atoms with van der Waals surface area (Å²) < 4.78 is 35.7. The number of hydrogen-bond donors (Lipinski definition) is 1. The van der Waals surface area contributed by atoms with Crippen molar-refractivity contribution in [1.82, 2.24) is 0 Å². The lowest BCUT2D eigenvalue weighted by Gasteiger charge is -2.09. The van der Waals surface area contributed by atoms with Crippen LogP contribution in [0.4, 0.5) is 10.1 Å². The molecule has 17 heavy (non-hydrogen) atoms. The number of carbonyl (C=O) groups excluding carboxylic acids is 1. The molecule has 1 unspecified atom stereocenters. The van der Waals surface area contributed by atoms with Crippen LogP contribution >= 0.6 is 0 Å². The molecular formula is C11H12FNO3S. The maximum absolute atomic E-state index is 13.3. The number of nitrogens with one attached hydrogen (secondary N) is 1. The molecule has 0 radical (unpaired) electrons. The number of sulfone groups is 1. The molecule has 0 saturated carbocycles. The van der Waals surface area contributed by atoms with Crippen LogP contribution in [0.3, 0.4) is 0 Å². The molecule has 4 nitrogen and oxygen atoms in total. The van der Waals surface area contributed by atoms with Gasteiger partial charge in [0.15, 0.2) is 9.84 Å².